The summed E-state index contributed by atoms with van der Waals surface area (Å²) in [6.45, 7) is 1.94. The maximum Gasteiger partial charge on any atom is 0.268 e. The topological polar surface area (TPSA) is 124 Å². The zero-order valence-corrected chi connectivity index (χ0v) is 15.3. The number of hydrogen-bond acceptors (Lipinski definition) is 6. The summed E-state index contributed by atoms with van der Waals surface area (Å²) in [6.07, 6.45) is 2.28. The van der Waals surface area contributed by atoms with Crippen LogP contribution in [-0.4, -0.2) is 73.7 Å². The molecular formula is C18H24N4O5. The second-order valence-electron chi connectivity index (χ2n) is 6.79. The molecule has 2 aliphatic rings. The molecule has 0 unspecified atom stereocenters. The van der Waals surface area contributed by atoms with Gasteiger partial charge in [-0.25, -0.2) is 0 Å². The van der Waals surface area contributed by atoms with Crippen molar-refractivity contribution in [2.24, 2.45) is 11.1 Å². The Morgan fingerprint density at radius 3 is 3.04 bits per heavy atom. The van der Waals surface area contributed by atoms with Gasteiger partial charge in [0.25, 0.3) is 11.8 Å². The molecule has 0 spiro atoms. The van der Waals surface area contributed by atoms with Crippen molar-refractivity contribution in [1.29, 1.82) is 0 Å². The molecule has 3 N–H and O–H groups in total. The van der Waals surface area contributed by atoms with Gasteiger partial charge < -0.3 is 25.4 Å². The number of ether oxygens (including phenoxy) is 2. The largest absolute Gasteiger partial charge is 0.383 e. The molecule has 27 heavy (non-hydrogen) atoms. The van der Waals surface area contributed by atoms with Gasteiger partial charge in [0.15, 0.2) is 0 Å². The van der Waals surface area contributed by atoms with E-state index in [0.717, 1.165) is 0 Å². The lowest BCUT2D eigenvalue weighted by molar-refractivity contribution is -0.138. The van der Waals surface area contributed by atoms with Crippen LogP contribution in [0.2, 0.25) is 0 Å². The number of nitrogens with zero attached hydrogens (tertiary/aromatic N) is 2. The molecule has 3 heterocycles. The van der Waals surface area contributed by atoms with Gasteiger partial charge in [0.05, 0.1) is 23.7 Å². The first kappa shape index (κ1) is 19.2. The number of pyridine rings is 1. The summed E-state index contributed by atoms with van der Waals surface area (Å²) in [5.41, 5.74) is 4.63. The fourth-order valence-electron chi connectivity index (χ4n) is 3.83. The number of likely N-dealkylation sites (tertiary alicyclic amines) is 1. The van der Waals surface area contributed by atoms with Gasteiger partial charge in [0, 0.05) is 39.5 Å². The minimum atomic E-state index is -0.795. The second-order valence-corrected chi connectivity index (χ2v) is 6.79. The smallest absolute Gasteiger partial charge is 0.268 e. The number of aromatic nitrogens is 1. The van der Waals surface area contributed by atoms with Crippen LogP contribution in [0.4, 0.5) is 0 Å². The predicted octanol–water partition coefficient (Wildman–Crippen LogP) is -0.436. The number of carbonyl (C=O) groups excluding carboxylic acids is 3. The van der Waals surface area contributed by atoms with E-state index in [1.807, 2.05) is 0 Å². The van der Waals surface area contributed by atoms with Crippen LogP contribution >= 0.6 is 0 Å². The Bertz CT molecular complexity index is 740. The molecule has 1 aromatic heterocycles. The summed E-state index contributed by atoms with van der Waals surface area (Å²) in [4.78, 5) is 43.0. The highest BCUT2D eigenvalue weighted by Crippen LogP contribution is 2.41. The molecule has 2 fully saturated rings. The van der Waals surface area contributed by atoms with Gasteiger partial charge in [0.1, 0.15) is 5.69 Å². The highest BCUT2D eigenvalue weighted by molar-refractivity contribution is 6.05. The number of primary amides is 1. The zero-order chi connectivity index (χ0) is 19.4. The first-order valence-corrected chi connectivity index (χ1v) is 8.92. The quantitative estimate of drug-likeness (QED) is 0.649. The first-order chi connectivity index (χ1) is 13.0. The first-order valence-electron chi connectivity index (χ1n) is 8.92. The van der Waals surface area contributed by atoms with Crippen molar-refractivity contribution >= 4 is 17.7 Å². The van der Waals surface area contributed by atoms with Crippen molar-refractivity contribution in [2.45, 2.75) is 18.9 Å². The van der Waals surface area contributed by atoms with Crippen molar-refractivity contribution in [2.75, 3.05) is 40.0 Å². The van der Waals surface area contributed by atoms with E-state index in [2.05, 4.69) is 10.3 Å². The highest BCUT2D eigenvalue weighted by Gasteiger charge is 2.54. The third-order valence-corrected chi connectivity index (χ3v) is 5.22. The predicted molar refractivity (Wildman–Crippen MR) is 95.0 cm³/mol. The van der Waals surface area contributed by atoms with Crippen LogP contribution in [0.5, 0.6) is 0 Å². The summed E-state index contributed by atoms with van der Waals surface area (Å²) in [5, 5.41) is 2.88. The van der Waals surface area contributed by atoms with E-state index in [9.17, 15) is 14.4 Å². The lowest BCUT2D eigenvalue weighted by Crippen LogP contribution is -2.58. The second kappa shape index (κ2) is 8.01. The minimum Gasteiger partial charge on any atom is -0.383 e. The average molecular weight is 376 g/mol. The van der Waals surface area contributed by atoms with Crippen LogP contribution in [0, 0.1) is 5.41 Å². The molecule has 1 aromatic rings. The lowest BCUT2D eigenvalue weighted by Gasteiger charge is -2.42. The van der Waals surface area contributed by atoms with Gasteiger partial charge in [-0.05, 0) is 25.0 Å². The van der Waals surface area contributed by atoms with Crippen LogP contribution < -0.4 is 11.1 Å². The average Bonchev–Trinajstić information content (AvgIpc) is 3.12. The van der Waals surface area contributed by atoms with Gasteiger partial charge in [-0.1, -0.05) is 0 Å². The Morgan fingerprint density at radius 2 is 2.30 bits per heavy atom. The van der Waals surface area contributed by atoms with Crippen LogP contribution in [0.3, 0.4) is 0 Å². The number of hydrogen-bond donors (Lipinski definition) is 2. The van der Waals surface area contributed by atoms with E-state index in [1.165, 1.54) is 12.3 Å². The summed E-state index contributed by atoms with van der Waals surface area (Å²) >= 11 is 0. The van der Waals surface area contributed by atoms with E-state index in [-0.39, 0.29) is 35.7 Å². The summed E-state index contributed by atoms with van der Waals surface area (Å²) < 4.78 is 10.7. The summed E-state index contributed by atoms with van der Waals surface area (Å²) in [7, 11) is 1.57. The fraction of sp³-hybridized carbons (Fsp3) is 0.556. The molecule has 3 amide bonds. The van der Waals surface area contributed by atoms with Crippen LogP contribution in [0.25, 0.3) is 0 Å². The van der Waals surface area contributed by atoms with Crippen LogP contribution in [-0.2, 0) is 14.3 Å². The fourth-order valence-corrected chi connectivity index (χ4v) is 3.83. The van der Waals surface area contributed by atoms with Crippen molar-refractivity contribution in [3.8, 4) is 0 Å². The van der Waals surface area contributed by atoms with Gasteiger partial charge in [0.2, 0.25) is 5.91 Å². The zero-order valence-electron chi connectivity index (χ0n) is 15.3. The number of rotatable bonds is 6. The molecule has 146 valence electrons. The monoisotopic (exact) mass is 376 g/mol. The molecule has 2 saturated heterocycles. The number of nitrogens with two attached hydrogens (primary N) is 1. The molecular weight excluding hydrogens is 352 g/mol. The highest BCUT2D eigenvalue weighted by atomic mass is 16.5. The minimum absolute atomic E-state index is 0.0640. The maximum atomic E-state index is 13.0. The van der Waals surface area contributed by atoms with Crippen molar-refractivity contribution in [3.63, 3.8) is 0 Å². The van der Waals surface area contributed by atoms with E-state index in [1.54, 1.807) is 18.1 Å². The molecule has 2 aliphatic heterocycles. The molecule has 0 aliphatic carbocycles. The Labute approximate surface area is 157 Å². The Morgan fingerprint density at radius 1 is 1.48 bits per heavy atom. The van der Waals surface area contributed by atoms with Crippen molar-refractivity contribution in [3.05, 3.63) is 29.6 Å². The standard InChI is InChI=1S/C18H24N4O5/c1-26-10-7-21-17(25)18-5-9-27-13(18)4-8-22(11-18)16(24)12-3-2-6-20-14(12)15(19)23/h2-3,6,13H,4-5,7-11H2,1H3,(H2,19,23)(H,21,25)/t13-,18-/m1/s1. The number of piperidine rings is 1. The van der Waals surface area contributed by atoms with Crippen LogP contribution in [0.15, 0.2) is 18.3 Å². The van der Waals surface area contributed by atoms with Gasteiger partial charge in [-0.15, -0.1) is 0 Å². The van der Waals surface area contributed by atoms with E-state index < -0.39 is 11.3 Å². The Balaban J connectivity index is 1.81. The Kier molecular flexibility index (Phi) is 5.71. The third kappa shape index (κ3) is 3.65. The summed E-state index contributed by atoms with van der Waals surface area (Å²) in [6, 6.07) is 3.11. The number of amides is 3. The Hall–Kier alpha value is -2.52. The molecule has 0 bridgehead atoms. The molecule has 0 radical (unpaired) electrons. The van der Waals surface area contributed by atoms with Gasteiger partial charge in [-0.3, -0.25) is 19.4 Å². The van der Waals surface area contributed by atoms with Crippen LogP contribution in [0.1, 0.15) is 33.7 Å². The summed E-state index contributed by atoms with van der Waals surface area (Å²) in [5.74, 6) is -1.25. The molecule has 9 nitrogen and oxygen atoms in total. The SMILES string of the molecule is COCCNC(=O)[C@@]12CCO[C@@H]1CCN(C(=O)c1cccnc1C(N)=O)C2. The molecule has 0 aromatic carbocycles. The van der Waals surface area contributed by atoms with E-state index >= 15 is 0 Å². The number of carbonyl (C=O) groups is 3. The molecule has 9 heteroatoms. The lowest BCUT2D eigenvalue weighted by atomic mass is 9.75. The number of methoxy groups -OCH3 is 1. The number of fused-ring (bicyclic) bond motifs is 1. The molecule has 0 saturated carbocycles. The molecule has 3 rings (SSSR count). The number of nitrogens with one attached hydrogen (secondary N) is 1. The third-order valence-electron chi connectivity index (χ3n) is 5.22. The molecule has 2 atom stereocenters. The van der Waals surface area contributed by atoms with Crippen molar-refractivity contribution < 1.29 is 23.9 Å². The maximum absolute atomic E-state index is 13.0. The van der Waals surface area contributed by atoms with E-state index in [0.29, 0.717) is 39.1 Å². The van der Waals surface area contributed by atoms with Gasteiger partial charge >= 0.3 is 0 Å². The normalized spacial score (nSPS) is 24.3. The van der Waals surface area contributed by atoms with Crippen molar-refractivity contribution in [1.82, 2.24) is 15.2 Å². The van der Waals surface area contributed by atoms with Gasteiger partial charge in [-0.2, -0.15) is 0 Å². The van der Waals surface area contributed by atoms with E-state index in [4.69, 9.17) is 15.2 Å².